The third kappa shape index (κ3) is 4.17. The van der Waals surface area contributed by atoms with Gasteiger partial charge in [-0.1, -0.05) is 13.8 Å². The van der Waals surface area contributed by atoms with Crippen molar-refractivity contribution in [1.82, 2.24) is 0 Å². The number of anilines is 2. The topological polar surface area (TPSA) is 47.3 Å². The van der Waals surface area contributed by atoms with E-state index < -0.39 is 0 Å². The van der Waals surface area contributed by atoms with Gasteiger partial charge in [0.05, 0.1) is 11.8 Å². The molecule has 0 aromatic heterocycles. The summed E-state index contributed by atoms with van der Waals surface area (Å²) in [6, 6.07) is 6.38. The van der Waals surface area contributed by atoms with Gasteiger partial charge in [-0.3, -0.25) is 0 Å². The first-order chi connectivity index (χ1) is 8.06. The number of nitrogens with two attached hydrogens (primary N) is 1. The molecule has 3 N–H and O–H groups in total. The Morgan fingerprint density at radius 2 is 1.88 bits per heavy atom. The van der Waals surface area contributed by atoms with Crippen molar-refractivity contribution in [2.45, 2.75) is 52.7 Å². The molecule has 1 aromatic carbocycles. The minimum atomic E-state index is 0.140. The van der Waals surface area contributed by atoms with Gasteiger partial charge < -0.3 is 15.8 Å². The molecule has 0 spiro atoms. The monoisotopic (exact) mass is 236 g/mol. The number of ether oxygens (including phenoxy) is 1. The molecule has 0 aliphatic rings. The van der Waals surface area contributed by atoms with Crippen LogP contribution in [0.3, 0.4) is 0 Å². The van der Waals surface area contributed by atoms with Crippen molar-refractivity contribution in [3.05, 3.63) is 18.2 Å². The van der Waals surface area contributed by atoms with E-state index in [-0.39, 0.29) is 6.10 Å². The van der Waals surface area contributed by atoms with E-state index in [2.05, 4.69) is 19.2 Å². The Kier molecular flexibility index (Phi) is 5.13. The average molecular weight is 236 g/mol. The molecule has 0 saturated heterocycles. The minimum Gasteiger partial charge on any atom is -0.489 e. The zero-order chi connectivity index (χ0) is 12.8. The summed E-state index contributed by atoms with van der Waals surface area (Å²) in [5.41, 5.74) is 7.64. The van der Waals surface area contributed by atoms with Crippen LogP contribution in [0.4, 0.5) is 11.4 Å². The highest BCUT2D eigenvalue weighted by molar-refractivity contribution is 5.61. The lowest BCUT2D eigenvalue weighted by atomic mass is 10.1. The quantitative estimate of drug-likeness (QED) is 0.741. The fourth-order valence-corrected chi connectivity index (χ4v) is 1.71. The number of hydrogen-bond acceptors (Lipinski definition) is 3. The van der Waals surface area contributed by atoms with E-state index in [0.29, 0.717) is 11.7 Å². The van der Waals surface area contributed by atoms with Crippen LogP contribution in [-0.4, -0.2) is 12.1 Å². The van der Waals surface area contributed by atoms with Gasteiger partial charge in [-0.05, 0) is 38.8 Å². The lowest BCUT2D eigenvalue weighted by molar-refractivity contribution is 0.244. The summed E-state index contributed by atoms with van der Waals surface area (Å²) in [4.78, 5) is 0. The Morgan fingerprint density at radius 1 is 1.24 bits per heavy atom. The Balaban J connectivity index is 2.80. The second-order valence-corrected chi connectivity index (χ2v) is 4.58. The smallest absolute Gasteiger partial charge is 0.144 e. The Labute approximate surface area is 104 Å². The third-order valence-electron chi connectivity index (χ3n) is 2.73. The van der Waals surface area contributed by atoms with Crippen LogP contribution < -0.4 is 15.8 Å². The normalized spacial score (nSPS) is 10.9. The molecule has 0 amide bonds. The van der Waals surface area contributed by atoms with Crippen molar-refractivity contribution in [3.63, 3.8) is 0 Å². The van der Waals surface area contributed by atoms with Crippen LogP contribution in [0, 0.1) is 0 Å². The summed E-state index contributed by atoms with van der Waals surface area (Å²) in [5.74, 6) is 0.760. The molecule has 0 saturated carbocycles. The minimum absolute atomic E-state index is 0.140. The highest BCUT2D eigenvalue weighted by Crippen LogP contribution is 2.27. The summed E-state index contributed by atoms with van der Waals surface area (Å²) >= 11 is 0. The first-order valence-electron chi connectivity index (χ1n) is 6.39. The molecule has 3 heteroatoms. The van der Waals surface area contributed by atoms with Crippen molar-refractivity contribution in [3.8, 4) is 5.75 Å². The van der Waals surface area contributed by atoms with E-state index in [9.17, 15) is 0 Å². The highest BCUT2D eigenvalue weighted by Gasteiger charge is 2.07. The van der Waals surface area contributed by atoms with Gasteiger partial charge in [0.15, 0.2) is 0 Å². The van der Waals surface area contributed by atoms with Crippen molar-refractivity contribution in [2.24, 2.45) is 0 Å². The van der Waals surface area contributed by atoms with Crippen molar-refractivity contribution >= 4 is 11.4 Å². The molecule has 0 aliphatic heterocycles. The molecule has 0 atom stereocenters. The maximum Gasteiger partial charge on any atom is 0.144 e. The predicted molar refractivity (Wildman–Crippen MR) is 74.6 cm³/mol. The Hall–Kier alpha value is -1.38. The molecule has 0 aliphatic carbocycles. The predicted octanol–water partition coefficient (Wildman–Crippen LogP) is 3.66. The molecular formula is C14H24N2O. The van der Waals surface area contributed by atoms with E-state index in [1.165, 1.54) is 0 Å². The van der Waals surface area contributed by atoms with Crippen LogP contribution in [-0.2, 0) is 0 Å². The van der Waals surface area contributed by atoms with Gasteiger partial charge in [-0.25, -0.2) is 0 Å². The van der Waals surface area contributed by atoms with Crippen molar-refractivity contribution < 1.29 is 4.74 Å². The first kappa shape index (κ1) is 13.7. The average Bonchev–Trinajstić information content (AvgIpc) is 2.29. The van der Waals surface area contributed by atoms with Crippen molar-refractivity contribution in [1.29, 1.82) is 0 Å². The molecular weight excluding hydrogens is 212 g/mol. The zero-order valence-electron chi connectivity index (χ0n) is 11.3. The van der Waals surface area contributed by atoms with Gasteiger partial charge in [0, 0.05) is 17.8 Å². The molecule has 1 aromatic rings. The summed E-state index contributed by atoms with van der Waals surface area (Å²) in [5, 5.41) is 3.48. The van der Waals surface area contributed by atoms with Gasteiger partial charge in [0.25, 0.3) is 0 Å². The second kappa shape index (κ2) is 6.38. The number of hydrogen-bond donors (Lipinski definition) is 2. The summed E-state index contributed by atoms with van der Waals surface area (Å²) in [7, 11) is 0. The largest absolute Gasteiger partial charge is 0.489 e. The van der Waals surface area contributed by atoms with E-state index in [0.717, 1.165) is 24.3 Å². The molecule has 96 valence electrons. The van der Waals surface area contributed by atoms with Crippen molar-refractivity contribution in [2.75, 3.05) is 11.1 Å². The maximum atomic E-state index is 5.88. The van der Waals surface area contributed by atoms with Crippen LogP contribution in [0.25, 0.3) is 0 Å². The Morgan fingerprint density at radius 3 is 2.41 bits per heavy atom. The fraction of sp³-hybridized carbons (Fsp3) is 0.571. The summed E-state index contributed by atoms with van der Waals surface area (Å²) in [6.07, 6.45) is 2.36. The fourth-order valence-electron chi connectivity index (χ4n) is 1.71. The molecule has 0 radical (unpaired) electrons. The van der Waals surface area contributed by atoms with E-state index in [4.69, 9.17) is 10.5 Å². The first-order valence-corrected chi connectivity index (χ1v) is 6.39. The number of rotatable bonds is 6. The second-order valence-electron chi connectivity index (χ2n) is 4.58. The SMILES string of the molecule is CCC(CC)Nc1ccc(N)c(OC(C)C)c1. The van der Waals surface area contributed by atoms with E-state index >= 15 is 0 Å². The molecule has 0 fully saturated rings. The van der Waals surface area contributed by atoms with Gasteiger partial charge >= 0.3 is 0 Å². The summed E-state index contributed by atoms with van der Waals surface area (Å²) < 4.78 is 5.67. The van der Waals surface area contributed by atoms with Gasteiger partial charge in [0.1, 0.15) is 5.75 Å². The van der Waals surface area contributed by atoms with Gasteiger partial charge in [-0.15, -0.1) is 0 Å². The van der Waals surface area contributed by atoms with Crippen LogP contribution in [0.2, 0.25) is 0 Å². The molecule has 3 nitrogen and oxygen atoms in total. The zero-order valence-corrected chi connectivity index (χ0v) is 11.3. The number of nitrogens with one attached hydrogen (secondary N) is 1. The summed E-state index contributed by atoms with van der Waals surface area (Å²) in [6.45, 7) is 8.37. The molecule has 0 unspecified atom stereocenters. The standard InChI is InChI=1S/C14H24N2O/c1-5-11(6-2)16-12-7-8-13(15)14(9-12)17-10(3)4/h7-11,16H,5-6,15H2,1-4H3. The van der Waals surface area contributed by atoms with E-state index in [1.807, 2.05) is 32.0 Å². The maximum absolute atomic E-state index is 5.88. The number of benzene rings is 1. The number of nitrogen functional groups attached to an aromatic ring is 1. The van der Waals surface area contributed by atoms with Crippen LogP contribution in [0.1, 0.15) is 40.5 Å². The molecule has 17 heavy (non-hydrogen) atoms. The molecule has 0 heterocycles. The molecule has 1 rings (SSSR count). The lowest BCUT2D eigenvalue weighted by Gasteiger charge is -2.18. The van der Waals surface area contributed by atoms with Gasteiger partial charge in [0.2, 0.25) is 0 Å². The van der Waals surface area contributed by atoms with Crippen LogP contribution in [0.5, 0.6) is 5.75 Å². The third-order valence-corrected chi connectivity index (χ3v) is 2.73. The highest BCUT2D eigenvalue weighted by atomic mass is 16.5. The lowest BCUT2D eigenvalue weighted by Crippen LogP contribution is -2.17. The van der Waals surface area contributed by atoms with Crippen LogP contribution in [0.15, 0.2) is 18.2 Å². The molecule has 0 bridgehead atoms. The van der Waals surface area contributed by atoms with Gasteiger partial charge in [-0.2, -0.15) is 0 Å². The van der Waals surface area contributed by atoms with E-state index in [1.54, 1.807) is 0 Å². The van der Waals surface area contributed by atoms with Crippen LogP contribution >= 0.6 is 0 Å². The Bertz CT molecular complexity index is 346.